The van der Waals surface area contributed by atoms with Crippen molar-refractivity contribution in [3.05, 3.63) is 33.4 Å². The van der Waals surface area contributed by atoms with Crippen molar-refractivity contribution in [3.8, 4) is 0 Å². The summed E-state index contributed by atoms with van der Waals surface area (Å²) < 4.78 is 1.27. The van der Waals surface area contributed by atoms with Crippen molar-refractivity contribution in [3.63, 3.8) is 0 Å². The number of hydrogen-bond acceptors (Lipinski definition) is 1. The number of unbranched alkanes of at least 4 members (excludes halogenated alkanes) is 1. The molecule has 1 nitrogen and oxygen atoms in total. The van der Waals surface area contributed by atoms with Gasteiger partial charge < -0.3 is 5.73 Å². The van der Waals surface area contributed by atoms with Gasteiger partial charge in [0.15, 0.2) is 0 Å². The normalized spacial score (nSPS) is 12.8. The van der Waals surface area contributed by atoms with Gasteiger partial charge in [0.25, 0.3) is 0 Å². The first-order valence-corrected chi connectivity index (χ1v) is 5.83. The van der Waals surface area contributed by atoms with E-state index in [1.165, 1.54) is 22.0 Å². The van der Waals surface area contributed by atoms with E-state index in [1.54, 1.807) is 0 Å². The molecule has 2 heteroatoms. The van der Waals surface area contributed by atoms with Gasteiger partial charge in [-0.2, -0.15) is 0 Å². The van der Waals surface area contributed by atoms with Crippen molar-refractivity contribution in [2.45, 2.75) is 32.2 Å². The van der Waals surface area contributed by atoms with Crippen LogP contribution in [0.5, 0.6) is 0 Å². The van der Waals surface area contributed by atoms with Crippen LogP contribution in [0, 0.1) is 3.57 Å². The van der Waals surface area contributed by atoms with E-state index in [0.717, 1.165) is 6.42 Å². The quantitative estimate of drug-likeness (QED) is 0.844. The van der Waals surface area contributed by atoms with E-state index in [9.17, 15) is 0 Å². The molecule has 0 radical (unpaired) electrons. The summed E-state index contributed by atoms with van der Waals surface area (Å²) in [5.74, 6) is 0. The Morgan fingerprint density at radius 2 is 2.23 bits per heavy atom. The Bertz CT molecular complexity index is 260. The molecule has 72 valence electrons. The van der Waals surface area contributed by atoms with Crippen LogP contribution in [0.25, 0.3) is 0 Å². The number of benzene rings is 1. The fourth-order valence-electron chi connectivity index (χ4n) is 1.33. The molecular formula is C11H16IN. The zero-order valence-corrected chi connectivity index (χ0v) is 10.1. The molecule has 0 saturated heterocycles. The van der Waals surface area contributed by atoms with Crippen LogP contribution in [0.2, 0.25) is 0 Å². The summed E-state index contributed by atoms with van der Waals surface area (Å²) in [7, 11) is 0. The fraction of sp³-hybridized carbons (Fsp3) is 0.455. The molecule has 0 heterocycles. The van der Waals surface area contributed by atoms with Crippen LogP contribution in [-0.4, -0.2) is 0 Å². The highest BCUT2D eigenvalue weighted by atomic mass is 127. The molecule has 1 aromatic rings. The Balaban J connectivity index is 2.60. The highest BCUT2D eigenvalue weighted by molar-refractivity contribution is 14.1. The van der Waals surface area contributed by atoms with Gasteiger partial charge in [-0.1, -0.05) is 31.9 Å². The standard InChI is InChI=1S/C11H16IN/c1-2-3-7-11(13)9-5-4-6-10(12)8-9/h4-6,8,11H,2-3,7,13H2,1H3. The van der Waals surface area contributed by atoms with Gasteiger partial charge in [0.05, 0.1) is 0 Å². The van der Waals surface area contributed by atoms with E-state index in [1.807, 2.05) is 0 Å². The van der Waals surface area contributed by atoms with Gasteiger partial charge in [0.1, 0.15) is 0 Å². The molecule has 2 N–H and O–H groups in total. The average Bonchev–Trinajstić information content (AvgIpc) is 2.14. The topological polar surface area (TPSA) is 26.0 Å². The average molecular weight is 289 g/mol. The number of hydrogen-bond donors (Lipinski definition) is 1. The van der Waals surface area contributed by atoms with Gasteiger partial charge in [0.2, 0.25) is 0 Å². The van der Waals surface area contributed by atoms with Crippen molar-refractivity contribution in [2.24, 2.45) is 5.73 Å². The first kappa shape index (κ1) is 11.0. The second-order valence-electron chi connectivity index (χ2n) is 3.30. The van der Waals surface area contributed by atoms with Gasteiger partial charge in [-0.3, -0.25) is 0 Å². The minimum absolute atomic E-state index is 0.217. The summed E-state index contributed by atoms with van der Waals surface area (Å²) in [4.78, 5) is 0. The van der Waals surface area contributed by atoms with E-state index in [4.69, 9.17) is 5.73 Å². The molecule has 1 aromatic carbocycles. The minimum Gasteiger partial charge on any atom is -0.324 e. The highest BCUT2D eigenvalue weighted by Crippen LogP contribution is 2.18. The summed E-state index contributed by atoms with van der Waals surface area (Å²) >= 11 is 2.32. The van der Waals surface area contributed by atoms with Crippen molar-refractivity contribution in [1.82, 2.24) is 0 Å². The molecule has 0 fully saturated rings. The molecule has 0 amide bonds. The van der Waals surface area contributed by atoms with E-state index in [0.29, 0.717) is 0 Å². The van der Waals surface area contributed by atoms with Gasteiger partial charge in [-0.05, 0) is 46.7 Å². The van der Waals surface area contributed by atoms with E-state index < -0.39 is 0 Å². The first-order chi connectivity index (χ1) is 6.24. The molecule has 1 unspecified atom stereocenters. The predicted octanol–water partition coefficient (Wildman–Crippen LogP) is 3.48. The maximum absolute atomic E-state index is 6.05. The largest absolute Gasteiger partial charge is 0.324 e. The third-order valence-corrected chi connectivity index (χ3v) is 2.82. The second-order valence-corrected chi connectivity index (χ2v) is 4.55. The molecule has 0 saturated carbocycles. The van der Waals surface area contributed by atoms with Crippen LogP contribution >= 0.6 is 22.6 Å². The lowest BCUT2D eigenvalue weighted by molar-refractivity contribution is 0.603. The lowest BCUT2D eigenvalue weighted by Crippen LogP contribution is -2.09. The number of halogens is 1. The minimum atomic E-state index is 0.217. The van der Waals surface area contributed by atoms with Crippen molar-refractivity contribution < 1.29 is 0 Å². The zero-order chi connectivity index (χ0) is 9.68. The second kappa shape index (κ2) is 5.60. The summed E-state index contributed by atoms with van der Waals surface area (Å²) in [6.07, 6.45) is 3.53. The summed E-state index contributed by atoms with van der Waals surface area (Å²) in [5.41, 5.74) is 7.31. The highest BCUT2D eigenvalue weighted by Gasteiger charge is 2.04. The third kappa shape index (κ3) is 3.65. The van der Waals surface area contributed by atoms with E-state index in [-0.39, 0.29) is 6.04 Å². The Hall–Kier alpha value is -0.0900. The molecule has 13 heavy (non-hydrogen) atoms. The fourth-order valence-corrected chi connectivity index (χ4v) is 1.90. The lowest BCUT2D eigenvalue weighted by Gasteiger charge is -2.11. The smallest absolute Gasteiger partial charge is 0.0295 e. The first-order valence-electron chi connectivity index (χ1n) is 4.75. The van der Waals surface area contributed by atoms with Gasteiger partial charge >= 0.3 is 0 Å². The Morgan fingerprint density at radius 3 is 2.85 bits per heavy atom. The molecule has 0 aliphatic rings. The maximum atomic E-state index is 6.05. The lowest BCUT2D eigenvalue weighted by atomic mass is 10.0. The molecule has 0 spiro atoms. The molecule has 0 bridgehead atoms. The van der Waals surface area contributed by atoms with Crippen LogP contribution in [0.15, 0.2) is 24.3 Å². The molecule has 1 rings (SSSR count). The summed E-state index contributed by atoms with van der Waals surface area (Å²) in [5, 5.41) is 0. The van der Waals surface area contributed by atoms with E-state index >= 15 is 0 Å². The van der Waals surface area contributed by atoms with Crippen LogP contribution in [0.1, 0.15) is 37.8 Å². The van der Waals surface area contributed by atoms with Gasteiger partial charge in [0, 0.05) is 9.61 Å². The number of rotatable bonds is 4. The van der Waals surface area contributed by atoms with Crippen molar-refractivity contribution in [2.75, 3.05) is 0 Å². The molecule has 0 aliphatic heterocycles. The van der Waals surface area contributed by atoms with Gasteiger partial charge in [-0.15, -0.1) is 0 Å². The molecule has 1 atom stereocenters. The Kier molecular flexibility index (Phi) is 4.73. The molecular weight excluding hydrogens is 273 g/mol. The van der Waals surface area contributed by atoms with Crippen molar-refractivity contribution in [1.29, 1.82) is 0 Å². The van der Waals surface area contributed by atoms with Crippen molar-refractivity contribution >= 4 is 22.6 Å². The third-order valence-electron chi connectivity index (χ3n) is 2.15. The van der Waals surface area contributed by atoms with E-state index in [2.05, 4.69) is 53.8 Å². The van der Waals surface area contributed by atoms with Gasteiger partial charge in [-0.25, -0.2) is 0 Å². The zero-order valence-electron chi connectivity index (χ0n) is 7.96. The number of nitrogens with two attached hydrogens (primary N) is 1. The SMILES string of the molecule is CCCCC(N)c1cccc(I)c1. The van der Waals surface area contributed by atoms with Crippen LogP contribution in [-0.2, 0) is 0 Å². The summed E-state index contributed by atoms with van der Waals surface area (Å²) in [6.45, 7) is 2.20. The van der Waals surface area contributed by atoms with Crippen LogP contribution < -0.4 is 5.73 Å². The maximum Gasteiger partial charge on any atom is 0.0295 e. The Morgan fingerprint density at radius 1 is 1.46 bits per heavy atom. The summed E-state index contributed by atoms with van der Waals surface area (Å²) in [6, 6.07) is 8.66. The van der Waals surface area contributed by atoms with Crippen LogP contribution in [0.3, 0.4) is 0 Å². The molecule has 0 aromatic heterocycles. The predicted molar refractivity (Wildman–Crippen MR) is 65.6 cm³/mol. The Labute approximate surface area is 93.9 Å². The molecule has 0 aliphatic carbocycles. The van der Waals surface area contributed by atoms with Crippen LogP contribution in [0.4, 0.5) is 0 Å². The monoisotopic (exact) mass is 289 g/mol.